The van der Waals surface area contributed by atoms with Crippen molar-refractivity contribution >= 4 is 23.2 Å². The molecule has 0 fully saturated rings. The monoisotopic (exact) mass is 279 g/mol. The van der Waals surface area contributed by atoms with Crippen LogP contribution < -0.4 is 11.1 Å². The topological polar surface area (TPSA) is 78.9 Å². The molecule has 2 atom stereocenters. The van der Waals surface area contributed by atoms with Crippen LogP contribution in [-0.2, 0) is 4.79 Å². The lowest BCUT2D eigenvalue weighted by Crippen LogP contribution is -2.30. The van der Waals surface area contributed by atoms with E-state index >= 15 is 0 Å². The number of carbonyl (C=O) groups excluding carboxylic acids is 1. The number of halogens is 1. The summed E-state index contributed by atoms with van der Waals surface area (Å²) in [4.78, 5) is 11.8. The van der Waals surface area contributed by atoms with E-state index in [0.717, 1.165) is 6.42 Å². The van der Waals surface area contributed by atoms with Crippen molar-refractivity contribution in [1.29, 1.82) is 5.26 Å². The molecule has 3 N–H and O–H groups in total. The number of hydrogen-bond acceptors (Lipinski definition) is 3. The van der Waals surface area contributed by atoms with Gasteiger partial charge in [-0.2, -0.15) is 5.26 Å². The van der Waals surface area contributed by atoms with Gasteiger partial charge in [0.1, 0.15) is 6.07 Å². The van der Waals surface area contributed by atoms with Crippen LogP contribution in [0.25, 0.3) is 0 Å². The van der Waals surface area contributed by atoms with Crippen molar-refractivity contribution in [2.75, 3.05) is 5.32 Å². The normalized spacial score (nSPS) is 13.4. The maximum Gasteiger partial charge on any atom is 0.224 e. The Balaban J connectivity index is 2.63. The van der Waals surface area contributed by atoms with Gasteiger partial charge in [0.2, 0.25) is 5.91 Å². The quantitative estimate of drug-likeness (QED) is 0.870. The number of anilines is 1. The molecule has 102 valence electrons. The van der Waals surface area contributed by atoms with Crippen molar-refractivity contribution in [3.05, 3.63) is 28.8 Å². The Bertz CT molecular complexity index is 496. The first-order valence-electron chi connectivity index (χ1n) is 6.23. The molecule has 1 rings (SSSR count). The van der Waals surface area contributed by atoms with Crippen LogP contribution in [-0.4, -0.2) is 11.9 Å². The fourth-order valence-electron chi connectivity index (χ4n) is 1.74. The average molecular weight is 280 g/mol. The summed E-state index contributed by atoms with van der Waals surface area (Å²) in [7, 11) is 0. The Kier molecular flexibility index (Phi) is 5.81. The van der Waals surface area contributed by atoms with E-state index in [-0.39, 0.29) is 17.9 Å². The Morgan fingerprint density at radius 1 is 1.58 bits per heavy atom. The molecule has 19 heavy (non-hydrogen) atoms. The van der Waals surface area contributed by atoms with Gasteiger partial charge in [-0.25, -0.2) is 0 Å². The fraction of sp³-hybridized carbons (Fsp3) is 0.429. The second kappa shape index (κ2) is 7.13. The summed E-state index contributed by atoms with van der Waals surface area (Å²) in [5, 5.41) is 11.9. The summed E-state index contributed by atoms with van der Waals surface area (Å²) in [6.45, 7) is 3.96. The van der Waals surface area contributed by atoms with Crippen molar-refractivity contribution in [1.82, 2.24) is 0 Å². The highest BCUT2D eigenvalue weighted by Gasteiger charge is 2.15. The first kappa shape index (κ1) is 15.5. The van der Waals surface area contributed by atoms with Gasteiger partial charge in [0, 0.05) is 18.2 Å². The van der Waals surface area contributed by atoms with Crippen molar-refractivity contribution in [2.24, 2.45) is 11.7 Å². The molecule has 0 spiro atoms. The first-order chi connectivity index (χ1) is 8.97. The van der Waals surface area contributed by atoms with Crippen LogP contribution in [0.5, 0.6) is 0 Å². The number of carbonyl (C=O) groups is 1. The number of nitrogens with two attached hydrogens (primary N) is 1. The first-order valence-corrected chi connectivity index (χ1v) is 6.60. The molecule has 0 aliphatic heterocycles. The van der Waals surface area contributed by atoms with Gasteiger partial charge in [0.25, 0.3) is 0 Å². The van der Waals surface area contributed by atoms with E-state index in [9.17, 15) is 4.79 Å². The molecule has 4 nitrogen and oxygen atoms in total. The van der Waals surface area contributed by atoms with Crippen LogP contribution in [0.2, 0.25) is 5.02 Å². The fourth-order valence-corrected chi connectivity index (χ4v) is 1.96. The second-order valence-electron chi connectivity index (χ2n) is 4.61. The SMILES string of the molecule is CCC(N)C(C)CC(=O)Nc1ccc(C#N)c(Cl)c1. The van der Waals surface area contributed by atoms with E-state index in [1.807, 2.05) is 19.9 Å². The van der Waals surface area contributed by atoms with Gasteiger partial charge in [-0.05, 0) is 30.5 Å². The van der Waals surface area contributed by atoms with Gasteiger partial charge < -0.3 is 11.1 Å². The number of hydrogen-bond donors (Lipinski definition) is 2. The van der Waals surface area contributed by atoms with E-state index in [2.05, 4.69) is 5.32 Å². The van der Waals surface area contributed by atoms with Crippen molar-refractivity contribution in [3.8, 4) is 6.07 Å². The summed E-state index contributed by atoms with van der Waals surface area (Å²) in [6.07, 6.45) is 1.21. The number of nitriles is 1. The third-order valence-electron chi connectivity index (χ3n) is 3.08. The Labute approximate surface area is 118 Å². The number of amides is 1. The summed E-state index contributed by atoms with van der Waals surface area (Å²) in [5.74, 6) is 0.0241. The van der Waals surface area contributed by atoms with Crippen LogP contribution in [0.4, 0.5) is 5.69 Å². The van der Waals surface area contributed by atoms with E-state index in [4.69, 9.17) is 22.6 Å². The molecule has 0 aliphatic rings. The minimum atomic E-state index is -0.0998. The van der Waals surface area contributed by atoms with Gasteiger partial charge in [-0.1, -0.05) is 25.4 Å². The molecule has 0 bridgehead atoms. The van der Waals surface area contributed by atoms with E-state index in [0.29, 0.717) is 22.7 Å². The summed E-state index contributed by atoms with van der Waals surface area (Å²) >= 11 is 5.90. The van der Waals surface area contributed by atoms with Crippen molar-refractivity contribution in [3.63, 3.8) is 0 Å². The number of nitrogens with one attached hydrogen (secondary N) is 1. The number of nitrogens with zero attached hydrogens (tertiary/aromatic N) is 1. The number of benzene rings is 1. The number of rotatable bonds is 5. The van der Waals surface area contributed by atoms with E-state index in [1.54, 1.807) is 18.2 Å². The van der Waals surface area contributed by atoms with E-state index in [1.165, 1.54) is 0 Å². The van der Waals surface area contributed by atoms with Crippen molar-refractivity contribution in [2.45, 2.75) is 32.7 Å². The van der Waals surface area contributed by atoms with E-state index < -0.39 is 0 Å². The van der Waals surface area contributed by atoms with Gasteiger partial charge in [0.15, 0.2) is 0 Å². The molecule has 0 aromatic heterocycles. The molecule has 0 aliphatic carbocycles. The highest BCUT2D eigenvalue weighted by atomic mass is 35.5. The summed E-state index contributed by atoms with van der Waals surface area (Å²) in [6, 6.07) is 6.81. The third kappa shape index (κ3) is 4.55. The Morgan fingerprint density at radius 3 is 2.79 bits per heavy atom. The van der Waals surface area contributed by atoms with Gasteiger partial charge in [0.05, 0.1) is 10.6 Å². The lowest BCUT2D eigenvalue weighted by Gasteiger charge is -2.17. The molecular weight excluding hydrogens is 262 g/mol. The Morgan fingerprint density at radius 2 is 2.26 bits per heavy atom. The van der Waals surface area contributed by atoms with Crippen LogP contribution >= 0.6 is 11.6 Å². The molecular formula is C14H18ClN3O. The summed E-state index contributed by atoms with van der Waals surface area (Å²) < 4.78 is 0. The predicted octanol–water partition coefficient (Wildman–Crippen LogP) is 2.91. The van der Waals surface area contributed by atoms with Crippen molar-refractivity contribution < 1.29 is 4.79 Å². The van der Waals surface area contributed by atoms with Gasteiger partial charge in [-0.3, -0.25) is 4.79 Å². The molecule has 0 radical (unpaired) electrons. The summed E-state index contributed by atoms with van der Waals surface area (Å²) in [5.41, 5.74) is 6.86. The van der Waals surface area contributed by atoms with Crippen LogP contribution in [0.15, 0.2) is 18.2 Å². The van der Waals surface area contributed by atoms with Crippen LogP contribution in [0.1, 0.15) is 32.3 Å². The maximum absolute atomic E-state index is 11.8. The van der Waals surface area contributed by atoms with Gasteiger partial charge >= 0.3 is 0 Å². The standard InChI is InChI=1S/C14H18ClN3O/c1-3-13(17)9(2)6-14(19)18-11-5-4-10(8-16)12(15)7-11/h4-5,7,9,13H,3,6,17H2,1-2H3,(H,18,19). The molecule has 1 aromatic carbocycles. The molecule has 5 heteroatoms. The average Bonchev–Trinajstić information content (AvgIpc) is 2.37. The largest absolute Gasteiger partial charge is 0.327 e. The van der Waals surface area contributed by atoms with Gasteiger partial charge in [-0.15, -0.1) is 0 Å². The molecule has 0 saturated carbocycles. The van der Waals surface area contributed by atoms with Crippen LogP contribution in [0.3, 0.4) is 0 Å². The molecule has 2 unspecified atom stereocenters. The molecule has 0 heterocycles. The highest BCUT2D eigenvalue weighted by molar-refractivity contribution is 6.32. The maximum atomic E-state index is 11.8. The lowest BCUT2D eigenvalue weighted by molar-refractivity contribution is -0.117. The minimum absolute atomic E-state index is 0.0234. The predicted molar refractivity (Wildman–Crippen MR) is 76.8 cm³/mol. The third-order valence-corrected chi connectivity index (χ3v) is 3.40. The zero-order valence-corrected chi connectivity index (χ0v) is 11.9. The Hall–Kier alpha value is -1.57. The minimum Gasteiger partial charge on any atom is -0.327 e. The highest BCUT2D eigenvalue weighted by Crippen LogP contribution is 2.20. The van der Waals surface area contributed by atoms with Crippen LogP contribution in [0, 0.1) is 17.2 Å². The molecule has 1 aromatic rings. The molecule has 0 saturated heterocycles. The second-order valence-corrected chi connectivity index (χ2v) is 5.02. The molecule has 1 amide bonds. The zero-order chi connectivity index (χ0) is 14.4. The zero-order valence-electron chi connectivity index (χ0n) is 11.1. The smallest absolute Gasteiger partial charge is 0.224 e. The lowest BCUT2D eigenvalue weighted by atomic mass is 9.97.